The molecule has 36 heavy (non-hydrogen) atoms. The Labute approximate surface area is 216 Å². The van der Waals surface area contributed by atoms with Crippen molar-refractivity contribution in [2.45, 2.75) is 51.2 Å². The topological polar surface area (TPSA) is 32.8 Å². The van der Waals surface area contributed by atoms with Gasteiger partial charge >= 0.3 is 5.97 Å². The minimum atomic E-state index is 0.0138. The van der Waals surface area contributed by atoms with Gasteiger partial charge in [0, 0.05) is 38.6 Å². The molecule has 0 bridgehead atoms. The Balaban J connectivity index is 1.13. The highest BCUT2D eigenvalue weighted by molar-refractivity contribution is 5.75. The zero-order valence-electron chi connectivity index (χ0n) is 21.6. The van der Waals surface area contributed by atoms with Crippen LogP contribution in [0.5, 0.6) is 0 Å². The molecule has 2 aliphatic carbocycles. The number of nitrogens with zero attached hydrogens (tertiary/aromatic N) is 2. The highest BCUT2D eigenvalue weighted by Crippen LogP contribution is 2.57. The highest BCUT2D eigenvalue weighted by Gasteiger charge is 2.55. The normalized spacial score (nSPS) is 33.3. The van der Waals surface area contributed by atoms with Crippen LogP contribution >= 0.6 is 0 Å². The number of esters is 1. The lowest BCUT2D eigenvalue weighted by molar-refractivity contribution is -0.146. The molecule has 2 aromatic carbocycles. The third-order valence-corrected chi connectivity index (χ3v) is 9.78. The lowest BCUT2D eigenvalue weighted by Gasteiger charge is -2.50. The summed E-state index contributed by atoms with van der Waals surface area (Å²) >= 11 is 0. The third-order valence-electron chi connectivity index (χ3n) is 9.78. The molecule has 0 radical (unpaired) electrons. The number of piperazine rings is 1. The molecule has 4 fully saturated rings. The first-order valence-electron chi connectivity index (χ1n) is 14.0. The van der Waals surface area contributed by atoms with E-state index in [0.717, 1.165) is 52.0 Å². The first kappa shape index (κ1) is 23.9. The molecule has 5 atom stereocenters. The van der Waals surface area contributed by atoms with E-state index in [1.807, 2.05) is 0 Å². The van der Waals surface area contributed by atoms with E-state index < -0.39 is 0 Å². The first-order valence-corrected chi connectivity index (χ1v) is 14.0. The number of rotatable bonds is 5. The highest BCUT2D eigenvalue weighted by atomic mass is 16.6. The Kier molecular flexibility index (Phi) is 6.51. The van der Waals surface area contributed by atoms with Gasteiger partial charge in [-0.1, -0.05) is 79.7 Å². The predicted molar refractivity (Wildman–Crippen MR) is 143 cm³/mol. The van der Waals surface area contributed by atoms with E-state index in [9.17, 15) is 4.79 Å². The summed E-state index contributed by atoms with van der Waals surface area (Å²) in [5.74, 6) is 0.968. The SMILES string of the molecule is C=C1CCC[C@]2(C)C[C@H]3OC(=O)[C@H](CN4CCN(C(c5ccccc5)c5ccccc5)CC4)[C@@H]3C[C@H]12. The van der Waals surface area contributed by atoms with Crippen molar-refractivity contribution in [2.75, 3.05) is 32.7 Å². The van der Waals surface area contributed by atoms with Crippen molar-refractivity contribution in [1.82, 2.24) is 9.80 Å². The number of hydrogen-bond acceptors (Lipinski definition) is 4. The molecule has 0 spiro atoms. The molecule has 2 saturated carbocycles. The quantitative estimate of drug-likeness (QED) is 0.402. The molecular weight excluding hydrogens is 444 g/mol. The van der Waals surface area contributed by atoms with E-state index in [1.165, 1.54) is 29.5 Å². The van der Waals surface area contributed by atoms with Crippen molar-refractivity contribution in [3.05, 3.63) is 83.9 Å². The Morgan fingerprint density at radius 3 is 2.28 bits per heavy atom. The molecule has 0 unspecified atom stereocenters. The number of benzene rings is 2. The minimum Gasteiger partial charge on any atom is -0.462 e. The van der Waals surface area contributed by atoms with E-state index in [0.29, 0.717) is 11.8 Å². The van der Waals surface area contributed by atoms with Gasteiger partial charge in [-0.05, 0) is 54.6 Å². The van der Waals surface area contributed by atoms with Crippen LogP contribution in [-0.4, -0.2) is 54.6 Å². The summed E-state index contributed by atoms with van der Waals surface area (Å²) < 4.78 is 6.04. The summed E-state index contributed by atoms with van der Waals surface area (Å²) in [6, 6.07) is 22.0. The molecule has 4 heteroatoms. The van der Waals surface area contributed by atoms with Crippen molar-refractivity contribution >= 4 is 5.97 Å². The van der Waals surface area contributed by atoms with Crippen LogP contribution in [0.25, 0.3) is 0 Å². The second kappa shape index (κ2) is 9.79. The maximum atomic E-state index is 13.1. The zero-order valence-corrected chi connectivity index (χ0v) is 21.6. The smallest absolute Gasteiger partial charge is 0.310 e. The van der Waals surface area contributed by atoms with E-state index in [1.54, 1.807) is 0 Å². The second-order valence-electron chi connectivity index (χ2n) is 12.0. The van der Waals surface area contributed by atoms with Crippen molar-refractivity contribution in [3.63, 3.8) is 0 Å². The molecule has 6 rings (SSSR count). The molecule has 2 aliphatic heterocycles. The zero-order chi connectivity index (χ0) is 24.7. The number of fused-ring (bicyclic) bond motifs is 2. The third kappa shape index (κ3) is 4.43. The van der Waals surface area contributed by atoms with Crippen LogP contribution in [0.3, 0.4) is 0 Å². The van der Waals surface area contributed by atoms with Crippen LogP contribution < -0.4 is 0 Å². The van der Waals surface area contributed by atoms with Crippen molar-refractivity contribution in [3.8, 4) is 0 Å². The molecular formula is C32H40N2O2. The van der Waals surface area contributed by atoms with Gasteiger partial charge in [-0.25, -0.2) is 0 Å². The number of allylic oxidation sites excluding steroid dienone is 1. The minimum absolute atomic E-state index is 0.0138. The van der Waals surface area contributed by atoms with E-state index in [4.69, 9.17) is 4.74 Å². The van der Waals surface area contributed by atoms with Gasteiger partial charge in [-0.2, -0.15) is 0 Å². The lowest BCUT2D eigenvalue weighted by atomic mass is 9.55. The van der Waals surface area contributed by atoms with Gasteiger partial charge < -0.3 is 4.74 Å². The van der Waals surface area contributed by atoms with Crippen LogP contribution in [0.4, 0.5) is 0 Å². The monoisotopic (exact) mass is 484 g/mol. The van der Waals surface area contributed by atoms with Gasteiger partial charge in [0.25, 0.3) is 0 Å². The Bertz CT molecular complexity index is 1040. The van der Waals surface area contributed by atoms with Gasteiger partial charge in [0.2, 0.25) is 0 Å². The van der Waals surface area contributed by atoms with Crippen LogP contribution in [0.2, 0.25) is 0 Å². The summed E-state index contributed by atoms with van der Waals surface area (Å²) in [4.78, 5) is 18.2. The molecule has 4 aliphatic rings. The van der Waals surface area contributed by atoms with Gasteiger partial charge in [0.15, 0.2) is 0 Å². The Morgan fingerprint density at radius 1 is 1.00 bits per heavy atom. The largest absolute Gasteiger partial charge is 0.462 e. The van der Waals surface area contributed by atoms with Gasteiger partial charge in [0.1, 0.15) is 6.10 Å². The maximum Gasteiger partial charge on any atom is 0.310 e. The summed E-state index contributed by atoms with van der Waals surface area (Å²) in [7, 11) is 0. The maximum absolute atomic E-state index is 13.1. The predicted octanol–water partition coefficient (Wildman–Crippen LogP) is 5.71. The molecule has 2 saturated heterocycles. The van der Waals surface area contributed by atoms with Gasteiger partial charge in [0.05, 0.1) is 12.0 Å². The second-order valence-corrected chi connectivity index (χ2v) is 12.0. The van der Waals surface area contributed by atoms with E-state index >= 15 is 0 Å². The fraction of sp³-hybridized carbons (Fsp3) is 0.531. The Hall–Kier alpha value is -2.43. The van der Waals surface area contributed by atoms with Crippen LogP contribution in [0, 0.1) is 23.2 Å². The van der Waals surface area contributed by atoms with Gasteiger partial charge in [-0.3, -0.25) is 14.6 Å². The van der Waals surface area contributed by atoms with Crippen LogP contribution in [0.15, 0.2) is 72.8 Å². The van der Waals surface area contributed by atoms with Crippen molar-refractivity contribution in [1.29, 1.82) is 0 Å². The molecule has 0 N–H and O–H groups in total. The molecule has 4 nitrogen and oxygen atoms in total. The number of carbonyl (C=O) groups excluding carboxylic acids is 1. The summed E-state index contributed by atoms with van der Waals surface area (Å²) in [5.41, 5.74) is 4.37. The van der Waals surface area contributed by atoms with Crippen molar-refractivity contribution < 1.29 is 9.53 Å². The van der Waals surface area contributed by atoms with E-state index in [2.05, 4.69) is 84.0 Å². The lowest BCUT2D eigenvalue weighted by Crippen LogP contribution is -2.50. The molecule has 190 valence electrons. The molecule has 0 amide bonds. The average molecular weight is 485 g/mol. The summed E-state index contributed by atoms with van der Waals surface area (Å²) in [5, 5.41) is 0. The van der Waals surface area contributed by atoms with Gasteiger partial charge in [-0.15, -0.1) is 0 Å². The average Bonchev–Trinajstić information content (AvgIpc) is 3.18. The molecule has 0 aromatic heterocycles. The van der Waals surface area contributed by atoms with Crippen LogP contribution in [0.1, 0.15) is 56.2 Å². The van der Waals surface area contributed by atoms with Crippen molar-refractivity contribution in [2.24, 2.45) is 23.2 Å². The fourth-order valence-corrected chi connectivity index (χ4v) is 7.83. The number of carbonyl (C=O) groups is 1. The Morgan fingerprint density at radius 2 is 1.64 bits per heavy atom. The first-order chi connectivity index (χ1) is 17.5. The van der Waals surface area contributed by atoms with Crippen LogP contribution in [-0.2, 0) is 9.53 Å². The number of ether oxygens (including phenoxy) is 1. The fourth-order valence-electron chi connectivity index (χ4n) is 7.83. The standard InChI is InChI=1S/C32H40N2O2/c1-23-10-9-15-32(2)21-29-26(20-28(23)32)27(31(35)36-29)22-33-16-18-34(19-17-33)30(24-11-5-3-6-12-24)25-13-7-4-8-14-25/h3-8,11-14,26-30H,1,9-10,15-22H2,2H3/t26-,27+,28+,29+,32+/m0/s1. The number of hydrogen-bond donors (Lipinski definition) is 0. The summed E-state index contributed by atoms with van der Waals surface area (Å²) in [6.45, 7) is 11.7. The molecule has 2 heterocycles. The molecule has 2 aromatic rings. The summed E-state index contributed by atoms with van der Waals surface area (Å²) in [6.07, 6.45) is 5.85. The van der Waals surface area contributed by atoms with E-state index in [-0.39, 0.29) is 29.4 Å².